The van der Waals surface area contributed by atoms with Gasteiger partial charge in [-0.2, -0.15) is 9.78 Å². The maximum Gasteiger partial charge on any atom is 0.226 e. The maximum atomic E-state index is 13.1. The molecule has 7 nitrogen and oxygen atoms in total. The van der Waals surface area contributed by atoms with E-state index in [4.69, 9.17) is 16.3 Å². The van der Waals surface area contributed by atoms with Gasteiger partial charge in [0, 0.05) is 17.9 Å². The number of anilines is 1. The number of nitrogens with one attached hydrogen (secondary N) is 1. The highest BCUT2D eigenvalue weighted by molar-refractivity contribution is 6.29. The van der Waals surface area contributed by atoms with Gasteiger partial charge in [-0.15, -0.1) is 10.2 Å². The molecule has 0 fully saturated rings. The Balaban J connectivity index is 1.46. The molecule has 4 aromatic rings. The summed E-state index contributed by atoms with van der Waals surface area (Å²) in [4.78, 5) is 12.6. The van der Waals surface area contributed by atoms with Crippen LogP contribution in [0.25, 0.3) is 5.82 Å². The van der Waals surface area contributed by atoms with Crippen LogP contribution >= 0.6 is 11.6 Å². The van der Waals surface area contributed by atoms with Crippen LogP contribution in [0.2, 0.25) is 5.15 Å². The molecule has 1 atom stereocenters. The highest BCUT2D eigenvalue weighted by Crippen LogP contribution is 2.40. The number of aryl methyl sites for hydroxylation is 1. The van der Waals surface area contributed by atoms with Crippen molar-refractivity contribution in [3.05, 3.63) is 94.0 Å². The Bertz CT molecular complexity index is 1320. The number of amides is 1. The first-order valence-corrected chi connectivity index (χ1v) is 10.7. The quantitative estimate of drug-likeness (QED) is 0.459. The Kier molecular flexibility index (Phi) is 5.51. The summed E-state index contributed by atoms with van der Waals surface area (Å²) in [5.74, 6) is 1.10. The summed E-state index contributed by atoms with van der Waals surface area (Å²) in [7, 11) is 0. The number of nitrogens with zero attached hydrogens (tertiary/aromatic N) is 4. The average molecular weight is 464 g/mol. The minimum atomic E-state index is -0.285. The predicted octanol–water partition coefficient (Wildman–Crippen LogP) is 4.82. The minimum absolute atomic E-state index is 0.117. The number of rotatable bonds is 5. The summed E-state index contributed by atoms with van der Waals surface area (Å²) >= 11 is 5.86. The van der Waals surface area contributed by atoms with Crippen LogP contribution in [0.3, 0.4) is 0 Å². The van der Waals surface area contributed by atoms with E-state index in [2.05, 4.69) is 20.6 Å². The van der Waals surface area contributed by atoms with E-state index in [1.807, 2.05) is 31.2 Å². The van der Waals surface area contributed by atoms with Crippen LogP contribution in [0.4, 0.5) is 10.2 Å². The van der Waals surface area contributed by atoms with Crippen LogP contribution in [0, 0.1) is 12.7 Å². The lowest BCUT2D eigenvalue weighted by Gasteiger charge is -2.24. The van der Waals surface area contributed by atoms with Crippen molar-refractivity contribution >= 4 is 23.3 Å². The number of carbonyl (C=O) groups excluding carboxylic acids is 1. The molecule has 0 radical (unpaired) electrons. The highest BCUT2D eigenvalue weighted by atomic mass is 35.5. The minimum Gasteiger partial charge on any atom is -0.489 e. The molecule has 3 heterocycles. The fourth-order valence-electron chi connectivity index (χ4n) is 3.99. The van der Waals surface area contributed by atoms with Crippen molar-refractivity contribution in [3.63, 3.8) is 0 Å². The molecular formula is C24H19ClFN5O2. The zero-order valence-electron chi connectivity index (χ0n) is 17.6. The molecule has 1 N–H and O–H groups in total. The SMILES string of the molecule is Cc1nn(-c2ccc(Cl)nn2)c2c1C(c1cccc(OCc3ccc(F)cc3)c1)CC(=O)N2. The first-order valence-electron chi connectivity index (χ1n) is 10.3. The topological polar surface area (TPSA) is 81.9 Å². The second-order valence-electron chi connectivity index (χ2n) is 7.77. The van der Waals surface area contributed by atoms with Gasteiger partial charge < -0.3 is 10.1 Å². The third kappa shape index (κ3) is 4.29. The maximum absolute atomic E-state index is 13.1. The lowest BCUT2D eigenvalue weighted by molar-refractivity contribution is -0.116. The number of hydrogen-bond acceptors (Lipinski definition) is 5. The first-order chi connectivity index (χ1) is 16.0. The number of aromatic nitrogens is 4. The lowest BCUT2D eigenvalue weighted by Crippen LogP contribution is -2.25. The average Bonchev–Trinajstić information content (AvgIpc) is 3.15. The van der Waals surface area contributed by atoms with Crippen molar-refractivity contribution in [2.24, 2.45) is 0 Å². The highest BCUT2D eigenvalue weighted by Gasteiger charge is 2.33. The van der Waals surface area contributed by atoms with E-state index < -0.39 is 0 Å². The predicted molar refractivity (Wildman–Crippen MR) is 121 cm³/mol. The van der Waals surface area contributed by atoms with E-state index in [0.29, 0.717) is 24.0 Å². The first kappa shape index (κ1) is 21.1. The third-order valence-corrected chi connectivity index (χ3v) is 5.72. The zero-order chi connectivity index (χ0) is 22.9. The molecule has 9 heteroatoms. The second kappa shape index (κ2) is 8.63. The van der Waals surface area contributed by atoms with E-state index >= 15 is 0 Å². The van der Waals surface area contributed by atoms with Crippen molar-refractivity contribution in [2.45, 2.75) is 25.9 Å². The summed E-state index contributed by atoms with van der Waals surface area (Å²) in [6.45, 7) is 2.21. The summed E-state index contributed by atoms with van der Waals surface area (Å²) in [6, 6.07) is 17.2. The Labute approximate surface area is 194 Å². The van der Waals surface area contributed by atoms with E-state index in [0.717, 1.165) is 22.4 Å². The van der Waals surface area contributed by atoms with Gasteiger partial charge in [-0.1, -0.05) is 35.9 Å². The van der Waals surface area contributed by atoms with Crippen LogP contribution in [-0.4, -0.2) is 25.9 Å². The van der Waals surface area contributed by atoms with Crippen LogP contribution < -0.4 is 10.1 Å². The van der Waals surface area contributed by atoms with E-state index in [1.165, 1.54) is 12.1 Å². The van der Waals surface area contributed by atoms with Gasteiger partial charge in [-0.05, 0) is 54.4 Å². The number of fused-ring (bicyclic) bond motifs is 1. The van der Waals surface area contributed by atoms with E-state index in [1.54, 1.807) is 28.9 Å². The largest absolute Gasteiger partial charge is 0.489 e. The summed E-state index contributed by atoms with van der Waals surface area (Å²) in [6.07, 6.45) is 0.285. The molecule has 0 aliphatic carbocycles. The monoisotopic (exact) mass is 463 g/mol. The van der Waals surface area contributed by atoms with Gasteiger partial charge in [0.05, 0.1) is 5.69 Å². The molecular weight excluding hydrogens is 445 g/mol. The van der Waals surface area contributed by atoms with Crippen LogP contribution in [0.5, 0.6) is 5.75 Å². The zero-order valence-corrected chi connectivity index (χ0v) is 18.4. The molecule has 0 spiro atoms. The molecule has 0 saturated heterocycles. The molecule has 0 bridgehead atoms. The number of carbonyl (C=O) groups is 1. The van der Waals surface area contributed by atoms with Crippen LogP contribution in [-0.2, 0) is 11.4 Å². The van der Waals surface area contributed by atoms with Crippen molar-refractivity contribution in [1.29, 1.82) is 0 Å². The molecule has 166 valence electrons. The Morgan fingerprint density at radius 1 is 1.15 bits per heavy atom. The fourth-order valence-corrected chi connectivity index (χ4v) is 4.09. The smallest absolute Gasteiger partial charge is 0.226 e. The molecule has 1 aliphatic rings. The third-order valence-electron chi connectivity index (χ3n) is 5.52. The molecule has 0 saturated carbocycles. The normalized spacial score (nSPS) is 15.1. The van der Waals surface area contributed by atoms with Gasteiger partial charge >= 0.3 is 0 Å². The molecule has 33 heavy (non-hydrogen) atoms. The van der Waals surface area contributed by atoms with Gasteiger partial charge in [0.2, 0.25) is 5.91 Å². The van der Waals surface area contributed by atoms with Crippen LogP contribution in [0.15, 0.2) is 60.7 Å². The van der Waals surface area contributed by atoms with E-state index in [9.17, 15) is 9.18 Å². The van der Waals surface area contributed by atoms with Gasteiger partial charge in [-0.3, -0.25) is 4.79 Å². The van der Waals surface area contributed by atoms with Gasteiger partial charge in [0.25, 0.3) is 0 Å². The molecule has 2 aromatic carbocycles. The molecule has 1 unspecified atom stereocenters. The van der Waals surface area contributed by atoms with Gasteiger partial charge in [0.1, 0.15) is 24.0 Å². The summed E-state index contributed by atoms with van der Waals surface area (Å²) < 4.78 is 20.6. The van der Waals surface area contributed by atoms with Crippen LogP contribution in [0.1, 0.15) is 34.7 Å². The number of hydrogen-bond donors (Lipinski definition) is 1. The number of benzene rings is 2. The molecule has 5 rings (SSSR count). The van der Waals surface area contributed by atoms with Crippen molar-refractivity contribution in [1.82, 2.24) is 20.0 Å². The Morgan fingerprint density at radius 3 is 2.73 bits per heavy atom. The Hall–Kier alpha value is -3.78. The van der Waals surface area contributed by atoms with Gasteiger partial charge in [-0.25, -0.2) is 4.39 Å². The van der Waals surface area contributed by atoms with E-state index in [-0.39, 0.29) is 29.2 Å². The fraction of sp³-hybridized carbons (Fsp3) is 0.167. The standard InChI is InChI=1S/C24H19ClFN5O2/c1-14-23-19(12-22(32)27-24(23)31(30-14)21-10-9-20(25)28-29-21)16-3-2-4-18(11-16)33-13-15-5-7-17(26)8-6-15/h2-11,19H,12-13H2,1H3,(H,27,32). The van der Waals surface area contributed by atoms with Crippen molar-refractivity contribution in [2.75, 3.05) is 5.32 Å². The van der Waals surface area contributed by atoms with Gasteiger partial charge in [0.15, 0.2) is 11.0 Å². The molecule has 1 amide bonds. The summed E-state index contributed by atoms with van der Waals surface area (Å²) in [5, 5.41) is 15.8. The Morgan fingerprint density at radius 2 is 1.97 bits per heavy atom. The van der Waals surface area contributed by atoms with Crippen molar-refractivity contribution < 1.29 is 13.9 Å². The second-order valence-corrected chi connectivity index (χ2v) is 8.15. The molecule has 2 aromatic heterocycles. The van der Waals surface area contributed by atoms with Crippen molar-refractivity contribution in [3.8, 4) is 11.6 Å². The number of halogens is 2. The summed E-state index contributed by atoms with van der Waals surface area (Å²) in [5.41, 5.74) is 3.50. The number of ether oxygens (including phenoxy) is 1. The lowest BCUT2D eigenvalue weighted by atomic mass is 9.86. The molecule has 1 aliphatic heterocycles.